The van der Waals surface area contributed by atoms with Gasteiger partial charge >= 0.3 is 5.69 Å². The number of amides is 1. The number of pyridine rings is 1. The first-order valence-electron chi connectivity index (χ1n) is 8.21. The van der Waals surface area contributed by atoms with E-state index in [1.165, 1.54) is 5.56 Å². The van der Waals surface area contributed by atoms with Crippen LogP contribution in [-0.4, -0.2) is 43.7 Å². The van der Waals surface area contributed by atoms with Crippen molar-refractivity contribution in [3.05, 3.63) is 45.4 Å². The van der Waals surface area contributed by atoms with Crippen molar-refractivity contribution in [3.63, 3.8) is 0 Å². The third kappa shape index (κ3) is 6.48. The molecule has 140 valence electrons. The van der Waals surface area contributed by atoms with Crippen molar-refractivity contribution in [2.24, 2.45) is 0 Å². The molecule has 1 amide bonds. The molecule has 0 spiro atoms. The van der Waals surface area contributed by atoms with Crippen LogP contribution in [0.2, 0.25) is 0 Å². The number of aromatic amines is 2. The van der Waals surface area contributed by atoms with E-state index in [1.807, 2.05) is 6.20 Å². The highest BCUT2D eigenvalue weighted by molar-refractivity contribution is 5.76. The molecular formula is C16H22N6O4. The molecule has 5 N–H and O–H groups in total. The summed E-state index contributed by atoms with van der Waals surface area (Å²) < 4.78 is 0. The number of aryl methyl sites for hydroxylation is 1. The van der Waals surface area contributed by atoms with Crippen molar-refractivity contribution in [3.8, 4) is 0 Å². The van der Waals surface area contributed by atoms with Gasteiger partial charge in [0.1, 0.15) is 5.82 Å². The number of carbonyl (C=O) groups excluding carboxylic acids is 1. The van der Waals surface area contributed by atoms with Crippen molar-refractivity contribution in [2.75, 3.05) is 6.54 Å². The standard InChI is InChI=1S/C14H18N6O2.C2H4O2/c21-13(2-1-12-18-14(22)20-19-12)17-7-9-5-10-8-15-4-3-11(10)16-6-9;1-2(3)4/h5-6,15H,1-4,7-8H2,(H,17,21)(H2,18,19,20,22);1H3,(H,3,4). The lowest BCUT2D eigenvalue weighted by Gasteiger charge is -2.16. The van der Waals surface area contributed by atoms with Gasteiger partial charge in [0.15, 0.2) is 0 Å². The first kappa shape index (κ1) is 19.3. The number of carbonyl (C=O) groups is 2. The van der Waals surface area contributed by atoms with Gasteiger partial charge in [-0.15, -0.1) is 0 Å². The lowest BCUT2D eigenvalue weighted by atomic mass is 10.1. The maximum atomic E-state index is 11.8. The molecule has 0 aliphatic carbocycles. The van der Waals surface area contributed by atoms with Gasteiger partial charge in [-0.1, -0.05) is 0 Å². The molecule has 1 aliphatic rings. The molecule has 0 fully saturated rings. The molecule has 2 aromatic heterocycles. The Hall–Kier alpha value is -3.01. The summed E-state index contributed by atoms with van der Waals surface area (Å²) in [6.45, 7) is 3.33. The van der Waals surface area contributed by atoms with E-state index < -0.39 is 5.97 Å². The summed E-state index contributed by atoms with van der Waals surface area (Å²) in [7, 11) is 0. The summed E-state index contributed by atoms with van der Waals surface area (Å²) in [6, 6.07) is 2.08. The molecule has 0 unspecified atom stereocenters. The Bertz CT molecular complexity index is 809. The van der Waals surface area contributed by atoms with Crippen LogP contribution in [0.15, 0.2) is 17.1 Å². The summed E-state index contributed by atoms with van der Waals surface area (Å²) in [5, 5.41) is 19.6. The van der Waals surface area contributed by atoms with Crippen LogP contribution in [-0.2, 0) is 35.5 Å². The van der Waals surface area contributed by atoms with Crippen molar-refractivity contribution < 1.29 is 14.7 Å². The molecule has 0 atom stereocenters. The fourth-order valence-electron chi connectivity index (χ4n) is 2.44. The van der Waals surface area contributed by atoms with E-state index in [4.69, 9.17) is 9.90 Å². The number of carboxylic acid groups (broad SMARTS) is 1. The van der Waals surface area contributed by atoms with Crippen LogP contribution in [0.25, 0.3) is 0 Å². The Morgan fingerprint density at radius 3 is 2.85 bits per heavy atom. The van der Waals surface area contributed by atoms with Crippen molar-refractivity contribution in [1.82, 2.24) is 30.8 Å². The third-order valence-electron chi connectivity index (χ3n) is 3.60. The minimum Gasteiger partial charge on any atom is -0.481 e. The third-order valence-corrected chi connectivity index (χ3v) is 3.60. The highest BCUT2D eigenvalue weighted by atomic mass is 16.4. The number of hydrogen-bond acceptors (Lipinski definition) is 6. The van der Waals surface area contributed by atoms with E-state index in [1.54, 1.807) is 0 Å². The fraction of sp³-hybridized carbons (Fsp3) is 0.438. The van der Waals surface area contributed by atoms with Crippen LogP contribution in [0.3, 0.4) is 0 Å². The highest BCUT2D eigenvalue weighted by Crippen LogP contribution is 2.12. The molecule has 0 saturated carbocycles. The predicted octanol–water partition coefficient (Wildman–Crippen LogP) is -0.521. The van der Waals surface area contributed by atoms with E-state index in [9.17, 15) is 9.59 Å². The molecule has 3 heterocycles. The summed E-state index contributed by atoms with van der Waals surface area (Å²) in [6.07, 6.45) is 3.44. The Morgan fingerprint density at radius 2 is 2.15 bits per heavy atom. The second kappa shape index (κ2) is 9.47. The van der Waals surface area contributed by atoms with Crippen LogP contribution in [0.4, 0.5) is 0 Å². The van der Waals surface area contributed by atoms with E-state index in [0.717, 1.165) is 37.7 Å². The molecule has 3 rings (SSSR count). The molecule has 0 bridgehead atoms. The summed E-state index contributed by atoms with van der Waals surface area (Å²) in [4.78, 5) is 38.7. The zero-order valence-corrected chi connectivity index (χ0v) is 14.5. The SMILES string of the molecule is CC(=O)O.O=C(CCc1n[nH]c(=O)[nH]1)NCc1cnc2c(c1)CNCC2. The summed E-state index contributed by atoms with van der Waals surface area (Å²) in [5.41, 5.74) is 2.97. The monoisotopic (exact) mass is 362 g/mol. The second-order valence-electron chi connectivity index (χ2n) is 5.80. The molecule has 10 nitrogen and oxygen atoms in total. The molecule has 10 heteroatoms. The van der Waals surface area contributed by atoms with Gasteiger partial charge in [-0.2, -0.15) is 5.10 Å². The lowest BCUT2D eigenvalue weighted by Crippen LogP contribution is -2.26. The summed E-state index contributed by atoms with van der Waals surface area (Å²) >= 11 is 0. The van der Waals surface area contributed by atoms with Crippen LogP contribution < -0.4 is 16.3 Å². The zero-order valence-electron chi connectivity index (χ0n) is 14.5. The predicted molar refractivity (Wildman–Crippen MR) is 92.3 cm³/mol. The van der Waals surface area contributed by atoms with Gasteiger partial charge < -0.3 is 15.7 Å². The number of nitrogens with one attached hydrogen (secondary N) is 4. The van der Waals surface area contributed by atoms with Crippen LogP contribution >= 0.6 is 0 Å². The number of rotatable bonds is 5. The Kier molecular flexibility index (Phi) is 7.03. The average Bonchev–Trinajstić information content (AvgIpc) is 3.03. The maximum absolute atomic E-state index is 11.8. The highest BCUT2D eigenvalue weighted by Gasteiger charge is 2.11. The molecular weight excluding hydrogens is 340 g/mol. The quantitative estimate of drug-likeness (QED) is 0.479. The van der Waals surface area contributed by atoms with Crippen molar-refractivity contribution >= 4 is 11.9 Å². The number of aromatic nitrogens is 4. The van der Waals surface area contributed by atoms with Gasteiger partial charge in [-0.25, -0.2) is 9.89 Å². The van der Waals surface area contributed by atoms with Crippen molar-refractivity contribution in [1.29, 1.82) is 0 Å². The molecule has 0 aromatic carbocycles. The molecule has 0 radical (unpaired) electrons. The molecule has 26 heavy (non-hydrogen) atoms. The zero-order chi connectivity index (χ0) is 18.9. The minimum absolute atomic E-state index is 0.0836. The lowest BCUT2D eigenvalue weighted by molar-refractivity contribution is -0.134. The molecule has 0 saturated heterocycles. The number of H-pyrrole nitrogens is 2. The van der Waals surface area contributed by atoms with Crippen LogP contribution in [0.1, 0.15) is 36.0 Å². The number of nitrogens with zero attached hydrogens (tertiary/aromatic N) is 2. The van der Waals surface area contributed by atoms with E-state index in [0.29, 0.717) is 18.8 Å². The number of aliphatic carboxylic acids is 1. The van der Waals surface area contributed by atoms with Gasteiger partial charge in [0, 0.05) is 57.7 Å². The Labute approximate surface area is 149 Å². The van der Waals surface area contributed by atoms with E-state index >= 15 is 0 Å². The Balaban J connectivity index is 0.000000552. The second-order valence-corrected chi connectivity index (χ2v) is 5.80. The van der Waals surface area contributed by atoms with Gasteiger partial charge in [-0.05, 0) is 17.2 Å². The normalized spacial score (nSPS) is 12.5. The fourth-order valence-corrected chi connectivity index (χ4v) is 2.44. The Morgan fingerprint density at radius 1 is 1.38 bits per heavy atom. The average molecular weight is 362 g/mol. The first-order valence-corrected chi connectivity index (χ1v) is 8.21. The summed E-state index contributed by atoms with van der Waals surface area (Å²) in [5.74, 6) is -0.429. The largest absolute Gasteiger partial charge is 0.481 e. The number of hydrogen-bond donors (Lipinski definition) is 5. The topological polar surface area (TPSA) is 153 Å². The molecule has 2 aromatic rings. The van der Waals surface area contributed by atoms with Crippen molar-refractivity contribution in [2.45, 2.75) is 39.3 Å². The minimum atomic E-state index is -0.833. The van der Waals surface area contributed by atoms with Gasteiger partial charge in [0.25, 0.3) is 5.97 Å². The molecule has 1 aliphatic heterocycles. The van der Waals surface area contributed by atoms with E-state index in [-0.39, 0.29) is 18.0 Å². The van der Waals surface area contributed by atoms with E-state index in [2.05, 4.69) is 36.9 Å². The van der Waals surface area contributed by atoms with Gasteiger partial charge in [0.2, 0.25) is 5.91 Å². The van der Waals surface area contributed by atoms with Gasteiger partial charge in [-0.3, -0.25) is 19.6 Å². The van der Waals surface area contributed by atoms with Crippen LogP contribution in [0.5, 0.6) is 0 Å². The first-order chi connectivity index (χ1) is 12.4. The number of carboxylic acids is 1. The van der Waals surface area contributed by atoms with Crippen LogP contribution in [0, 0.1) is 0 Å². The number of fused-ring (bicyclic) bond motifs is 1. The maximum Gasteiger partial charge on any atom is 0.340 e. The van der Waals surface area contributed by atoms with Gasteiger partial charge in [0.05, 0.1) is 0 Å². The smallest absolute Gasteiger partial charge is 0.340 e.